The molecule has 7 heteroatoms. The number of aromatic nitrogens is 1. The summed E-state index contributed by atoms with van der Waals surface area (Å²) in [4.78, 5) is 5.04. The van der Waals surface area contributed by atoms with Gasteiger partial charge in [0.15, 0.2) is 0 Å². The van der Waals surface area contributed by atoms with Crippen LogP contribution in [0.3, 0.4) is 0 Å². The Morgan fingerprint density at radius 1 is 1.26 bits per heavy atom. The van der Waals surface area contributed by atoms with E-state index < -0.39 is 10.0 Å². The van der Waals surface area contributed by atoms with Crippen molar-refractivity contribution in [2.24, 2.45) is 5.73 Å². The van der Waals surface area contributed by atoms with Gasteiger partial charge >= 0.3 is 0 Å². The van der Waals surface area contributed by atoms with E-state index in [1.54, 1.807) is 30.5 Å². The Kier molecular flexibility index (Phi) is 4.65. The third-order valence-electron chi connectivity index (χ3n) is 2.46. The predicted octanol–water partition coefficient (Wildman–Crippen LogP) is 1.12. The molecule has 2 heterocycles. The van der Waals surface area contributed by atoms with Crippen LogP contribution in [0.25, 0.3) is 0 Å². The maximum absolute atomic E-state index is 12.1. The minimum Gasteiger partial charge on any atom is -0.330 e. The van der Waals surface area contributed by atoms with E-state index in [0.29, 0.717) is 22.9 Å². The van der Waals surface area contributed by atoms with E-state index in [1.165, 1.54) is 11.3 Å². The summed E-state index contributed by atoms with van der Waals surface area (Å²) in [6.07, 6.45) is 2.33. The number of hydrogen-bond acceptors (Lipinski definition) is 5. The lowest BCUT2D eigenvalue weighted by Crippen LogP contribution is -2.22. The Bertz CT molecular complexity index is 623. The van der Waals surface area contributed by atoms with Gasteiger partial charge in [-0.25, -0.2) is 13.1 Å². The normalized spacial score (nSPS) is 11.6. The summed E-state index contributed by atoms with van der Waals surface area (Å²) in [5, 5.41) is 0. The summed E-state index contributed by atoms with van der Waals surface area (Å²) in [6, 6.07) is 8.79. The molecule has 19 heavy (non-hydrogen) atoms. The minimum absolute atomic E-state index is 0.188. The SMILES string of the molecule is NCCc1ccc(S(=O)(=O)NCc2ccccn2)s1. The standard InChI is InChI=1S/C12H15N3O2S2/c13-7-6-11-4-5-12(18-11)19(16,17)15-9-10-3-1-2-8-14-10/h1-5,8,15H,6-7,9,13H2. The Morgan fingerprint density at radius 2 is 2.11 bits per heavy atom. The van der Waals surface area contributed by atoms with Gasteiger partial charge in [0.05, 0.1) is 12.2 Å². The van der Waals surface area contributed by atoms with Gasteiger partial charge in [0.25, 0.3) is 0 Å². The molecule has 2 aromatic heterocycles. The van der Waals surface area contributed by atoms with E-state index in [-0.39, 0.29) is 6.54 Å². The lowest BCUT2D eigenvalue weighted by molar-refractivity contribution is 0.582. The van der Waals surface area contributed by atoms with Crippen molar-refractivity contribution in [3.05, 3.63) is 47.1 Å². The fraction of sp³-hybridized carbons (Fsp3) is 0.250. The van der Waals surface area contributed by atoms with Crippen molar-refractivity contribution >= 4 is 21.4 Å². The van der Waals surface area contributed by atoms with Crippen LogP contribution in [0.1, 0.15) is 10.6 Å². The van der Waals surface area contributed by atoms with Gasteiger partial charge in [-0.3, -0.25) is 4.98 Å². The van der Waals surface area contributed by atoms with Crippen molar-refractivity contribution in [3.8, 4) is 0 Å². The second kappa shape index (κ2) is 6.25. The first kappa shape index (κ1) is 14.1. The number of sulfonamides is 1. The van der Waals surface area contributed by atoms with Crippen LogP contribution < -0.4 is 10.5 Å². The Morgan fingerprint density at radius 3 is 2.79 bits per heavy atom. The number of rotatable bonds is 6. The largest absolute Gasteiger partial charge is 0.330 e. The summed E-state index contributed by atoms with van der Waals surface area (Å²) in [7, 11) is -3.47. The highest BCUT2D eigenvalue weighted by atomic mass is 32.2. The molecule has 0 aromatic carbocycles. The maximum Gasteiger partial charge on any atom is 0.250 e. The molecular weight excluding hydrogens is 282 g/mol. The fourth-order valence-corrected chi connectivity index (χ4v) is 3.94. The monoisotopic (exact) mass is 297 g/mol. The highest BCUT2D eigenvalue weighted by molar-refractivity contribution is 7.91. The zero-order valence-electron chi connectivity index (χ0n) is 10.2. The molecule has 3 N–H and O–H groups in total. The number of thiophene rings is 1. The average Bonchev–Trinajstić information content (AvgIpc) is 2.88. The summed E-state index contributed by atoms with van der Waals surface area (Å²) in [6.45, 7) is 0.703. The van der Waals surface area contributed by atoms with E-state index in [9.17, 15) is 8.42 Å². The van der Waals surface area contributed by atoms with Crippen LogP contribution in [0.5, 0.6) is 0 Å². The molecular formula is C12H15N3O2S2. The number of nitrogens with one attached hydrogen (secondary N) is 1. The van der Waals surface area contributed by atoms with Crippen LogP contribution in [0.4, 0.5) is 0 Å². The maximum atomic E-state index is 12.1. The number of pyridine rings is 1. The molecule has 0 aliphatic heterocycles. The van der Waals surface area contributed by atoms with E-state index in [1.807, 2.05) is 6.07 Å². The first-order chi connectivity index (χ1) is 9.12. The molecule has 0 spiro atoms. The molecule has 0 bridgehead atoms. The summed E-state index contributed by atoms with van der Waals surface area (Å²) >= 11 is 1.25. The van der Waals surface area contributed by atoms with Crippen LogP contribution in [0, 0.1) is 0 Å². The molecule has 2 aromatic rings. The topological polar surface area (TPSA) is 85.1 Å². The lowest BCUT2D eigenvalue weighted by atomic mass is 10.3. The van der Waals surface area contributed by atoms with Crippen molar-refractivity contribution in [2.45, 2.75) is 17.2 Å². The zero-order chi connectivity index (χ0) is 13.7. The van der Waals surface area contributed by atoms with Gasteiger partial charge in [0.1, 0.15) is 4.21 Å². The van der Waals surface area contributed by atoms with Crippen molar-refractivity contribution in [1.29, 1.82) is 0 Å². The molecule has 0 radical (unpaired) electrons. The van der Waals surface area contributed by atoms with Gasteiger partial charge in [-0.15, -0.1) is 11.3 Å². The predicted molar refractivity (Wildman–Crippen MR) is 75.3 cm³/mol. The smallest absolute Gasteiger partial charge is 0.250 e. The second-order valence-corrected chi connectivity index (χ2v) is 7.07. The van der Waals surface area contributed by atoms with Gasteiger partial charge in [0, 0.05) is 11.1 Å². The van der Waals surface area contributed by atoms with Crippen LogP contribution in [0.2, 0.25) is 0 Å². The van der Waals surface area contributed by atoms with Gasteiger partial charge in [-0.2, -0.15) is 0 Å². The molecule has 0 saturated heterocycles. The van der Waals surface area contributed by atoms with E-state index >= 15 is 0 Å². The van der Waals surface area contributed by atoms with Crippen LogP contribution in [-0.2, 0) is 23.0 Å². The lowest BCUT2D eigenvalue weighted by Gasteiger charge is -2.03. The van der Waals surface area contributed by atoms with Crippen molar-refractivity contribution in [1.82, 2.24) is 9.71 Å². The minimum atomic E-state index is -3.47. The van der Waals surface area contributed by atoms with Crippen LogP contribution in [0.15, 0.2) is 40.7 Å². The number of nitrogens with zero attached hydrogens (tertiary/aromatic N) is 1. The zero-order valence-corrected chi connectivity index (χ0v) is 11.9. The quantitative estimate of drug-likeness (QED) is 0.837. The summed E-state index contributed by atoms with van der Waals surface area (Å²) in [5.41, 5.74) is 6.13. The van der Waals surface area contributed by atoms with Gasteiger partial charge < -0.3 is 5.73 Å². The number of nitrogens with two attached hydrogens (primary N) is 1. The van der Waals surface area contributed by atoms with Gasteiger partial charge in [-0.05, 0) is 37.2 Å². The van der Waals surface area contributed by atoms with Crippen LogP contribution in [-0.4, -0.2) is 19.9 Å². The summed E-state index contributed by atoms with van der Waals surface area (Å²) < 4.78 is 27.0. The molecule has 2 rings (SSSR count). The highest BCUT2D eigenvalue weighted by Crippen LogP contribution is 2.21. The van der Waals surface area contributed by atoms with E-state index in [2.05, 4.69) is 9.71 Å². The highest BCUT2D eigenvalue weighted by Gasteiger charge is 2.16. The molecule has 102 valence electrons. The Labute approximate surface area is 116 Å². The van der Waals surface area contributed by atoms with Crippen LogP contribution >= 0.6 is 11.3 Å². The molecule has 0 aliphatic carbocycles. The van der Waals surface area contributed by atoms with Crippen molar-refractivity contribution < 1.29 is 8.42 Å². The first-order valence-electron chi connectivity index (χ1n) is 5.80. The number of hydrogen-bond donors (Lipinski definition) is 2. The first-order valence-corrected chi connectivity index (χ1v) is 8.10. The molecule has 0 atom stereocenters. The molecule has 0 fully saturated rings. The molecule has 0 amide bonds. The molecule has 0 aliphatic rings. The Balaban J connectivity index is 2.05. The molecule has 0 saturated carbocycles. The van der Waals surface area contributed by atoms with E-state index in [4.69, 9.17) is 5.73 Å². The molecule has 0 unspecified atom stereocenters. The summed E-state index contributed by atoms with van der Waals surface area (Å²) in [5.74, 6) is 0. The third-order valence-corrected chi connectivity index (χ3v) is 5.50. The van der Waals surface area contributed by atoms with Gasteiger partial charge in [-0.1, -0.05) is 6.07 Å². The average molecular weight is 297 g/mol. The molecule has 5 nitrogen and oxygen atoms in total. The van der Waals surface area contributed by atoms with Crippen molar-refractivity contribution in [3.63, 3.8) is 0 Å². The van der Waals surface area contributed by atoms with Crippen molar-refractivity contribution in [2.75, 3.05) is 6.54 Å². The fourth-order valence-electron chi connectivity index (χ4n) is 1.52. The third kappa shape index (κ3) is 3.84. The second-order valence-electron chi connectivity index (χ2n) is 3.91. The Hall–Kier alpha value is -1.28. The van der Waals surface area contributed by atoms with Gasteiger partial charge in [0.2, 0.25) is 10.0 Å². The van der Waals surface area contributed by atoms with E-state index in [0.717, 1.165) is 4.88 Å².